The van der Waals surface area contributed by atoms with E-state index in [0.29, 0.717) is 0 Å². The van der Waals surface area contributed by atoms with E-state index < -0.39 is 0 Å². The topological polar surface area (TPSA) is 15.6 Å². The van der Waals surface area contributed by atoms with E-state index in [1.807, 2.05) is 0 Å². The molecular formula is C16H30N2. The normalized spacial score (nSPS) is 28.9. The lowest BCUT2D eigenvalue weighted by Gasteiger charge is -2.21. The van der Waals surface area contributed by atoms with Crippen molar-refractivity contribution < 1.29 is 0 Å². The van der Waals surface area contributed by atoms with Gasteiger partial charge in [0, 0.05) is 12.3 Å². The lowest BCUT2D eigenvalue weighted by atomic mass is 10.0. The SMILES string of the molecule is C1CCCCC2=NCCCN(CCCC1)CCC2. The molecule has 1 fully saturated rings. The summed E-state index contributed by atoms with van der Waals surface area (Å²) in [5, 5.41) is 0. The quantitative estimate of drug-likeness (QED) is 0.633. The first-order chi connectivity index (χ1) is 8.95. The monoisotopic (exact) mass is 250 g/mol. The highest BCUT2D eigenvalue weighted by Gasteiger charge is 2.09. The van der Waals surface area contributed by atoms with Crippen LogP contribution in [0.5, 0.6) is 0 Å². The van der Waals surface area contributed by atoms with Crippen LogP contribution in [0.15, 0.2) is 4.99 Å². The maximum absolute atomic E-state index is 4.84. The minimum Gasteiger partial charge on any atom is -0.303 e. The van der Waals surface area contributed by atoms with Gasteiger partial charge in [-0.05, 0) is 58.2 Å². The molecule has 1 saturated heterocycles. The molecule has 0 N–H and O–H groups in total. The summed E-state index contributed by atoms with van der Waals surface area (Å²) in [6.45, 7) is 4.98. The summed E-state index contributed by atoms with van der Waals surface area (Å²) in [4.78, 5) is 7.53. The van der Waals surface area contributed by atoms with E-state index in [4.69, 9.17) is 4.99 Å². The van der Waals surface area contributed by atoms with E-state index in [2.05, 4.69) is 4.90 Å². The van der Waals surface area contributed by atoms with Crippen LogP contribution >= 0.6 is 0 Å². The summed E-state index contributed by atoms with van der Waals surface area (Å²) in [5.41, 5.74) is 1.52. The molecular weight excluding hydrogens is 220 g/mol. The van der Waals surface area contributed by atoms with E-state index in [0.717, 1.165) is 6.54 Å². The third-order valence-electron chi connectivity index (χ3n) is 4.35. The summed E-state index contributed by atoms with van der Waals surface area (Å²) in [5.74, 6) is 0. The van der Waals surface area contributed by atoms with E-state index in [9.17, 15) is 0 Å². The van der Waals surface area contributed by atoms with E-state index >= 15 is 0 Å². The van der Waals surface area contributed by atoms with Crippen LogP contribution in [0.2, 0.25) is 0 Å². The third kappa shape index (κ3) is 5.51. The van der Waals surface area contributed by atoms with Crippen molar-refractivity contribution in [1.82, 2.24) is 4.90 Å². The zero-order valence-corrected chi connectivity index (χ0v) is 12.0. The standard InChI is InChI=1S/C16H30N2/c1-2-4-6-10-16-11-8-14-18(13-7-5-3-1)15-9-12-17-16/h1-15H2. The molecule has 0 aliphatic carbocycles. The molecule has 2 bridgehead atoms. The van der Waals surface area contributed by atoms with Crippen molar-refractivity contribution in [3.05, 3.63) is 0 Å². The molecule has 0 aromatic heterocycles. The molecule has 0 amide bonds. The summed E-state index contributed by atoms with van der Waals surface area (Å²) in [6.07, 6.45) is 15.1. The number of nitrogens with zero attached hydrogens (tertiary/aromatic N) is 2. The summed E-state index contributed by atoms with van der Waals surface area (Å²) in [7, 11) is 0. The van der Waals surface area contributed by atoms with Gasteiger partial charge in [-0.3, -0.25) is 4.99 Å². The van der Waals surface area contributed by atoms with Gasteiger partial charge in [0.05, 0.1) is 0 Å². The lowest BCUT2D eigenvalue weighted by molar-refractivity contribution is 0.265. The molecule has 2 aliphatic heterocycles. The molecule has 0 aromatic carbocycles. The molecule has 2 nitrogen and oxygen atoms in total. The predicted molar refractivity (Wildman–Crippen MR) is 79.5 cm³/mol. The zero-order valence-electron chi connectivity index (χ0n) is 12.0. The van der Waals surface area contributed by atoms with Crippen LogP contribution in [0.25, 0.3) is 0 Å². The predicted octanol–water partition coefficient (Wildman–Crippen LogP) is 4.05. The Bertz CT molecular complexity index is 247. The number of aliphatic imine (C=N–C) groups is 1. The second-order valence-electron chi connectivity index (χ2n) is 5.97. The Balaban J connectivity index is 1.88. The molecule has 0 radical (unpaired) electrons. The highest BCUT2D eigenvalue weighted by atomic mass is 15.1. The van der Waals surface area contributed by atoms with Gasteiger partial charge in [0.2, 0.25) is 0 Å². The van der Waals surface area contributed by atoms with Crippen LogP contribution in [0.1, 0.15) is 70.6 Å². The summed E-state index contributed by atoms with van der Waals surface area (Å²) in [6, 6.07) is 0. The molecule has 104 valence electrons. The zero-order chi connectivity index (χ0) is 12.5. The molecule has 1 atom stereocenters. The van der Waals surface area contributed by atoms with Gasteiger partial charge in [0.25, 0.3) is 0 Å². The maximum Gasteiger partial charge on any atom is 0.0400 e. The van der Waals surface area contributed by atoms with Crippen molar-refractivity contribution >= 4 is 5.71 Å². The number of fused-ring (bicyclic) bond motifs is 4. The maximum atomic E-state index is 4.84. The van der Waals surface area contributed by atoms with Gasteiger partial charge in [-0.2, -0.15) is 0 Å². The van der Waals surface area contributed by atoms with Gasteiger partial charge in [0.15, 0.2) is 0 Å². The Labute approximate surface area is 113 Å². The van der Waals surface area contributed by atoms with Crippen molar-refractivity contribution in [2.45, 2.75) is 70.6 Å². The lowest BCUT2D eigenvalue weighted by Crippen LogP contribution is -2.27. The van der Waals surface area contributed by atoms with Crippen molar-refractivity contribution in [2.75, 3.05) is 26.2 Å². The fourth-order valence-corrected chi connectivity index (χ4v) is 3.21. The van der Waals surface area contributed by atoms with Crippen LogP contribution in [0, 0.1) is 0 Å². The summed E-state index contributed by atoms with van der Waals surface area (Å²) >= 11 is 0. The fraction of sp³-hybridized carbons (Fsp3) is 0.938. The largest absolute Gasteiger partial charge is 0.303 e. The van der Waals surface area contributed by atoms with Gasteiger partial charge < -0.3 is 4.90 Å². The van der Waals surface area contributed by atoms with Crippen molar-refractivity contribution in [1.29, 1.82) is 0 Å². The van der Waals surface area contributed by atoms with Crippen LogP contribution in [0.3, 0.4) is 0 Å². The smallest absolute Gasteiger partial charge is 0.0400 e. The Morgan fingerprint density at radius 3 is 2.11 bits per heavy atom. The Kier molecular flexibility index (Phi) is 6.78. The minimum atomic E-state index is 1.08. The highest BCUT2D eigenvalue weighted by molar-refractivity contribution is 5.84. The summed E-state index contributed by atoms with van der Waals surface area (Å²) < 4.78 is 0. The van der Waals surface area contributed by atoms with Gasteiger partial charge in [-0.25, -0.2) is 0 Å². The van der Waals surface area contributed by atoms with Crippen LogP contribution in [-0.4, -0.2) is 36.8 Å². The fourth-order valence-electron chi connectivity index (χ4n) is 3.21. The Hall–Kier alpha value is -0.370. The first-order valence-electron chi connectivity index (χ1n) is 8.20. The molecule has 2 aliphatic rings. The first kappa shape index (κ1) is 14.0. The number of rotatable bonds is 0. The molecule has 0 spiro atoms. The van der Waals surface area contributed by atoms with Crippen LogP contribution in [-0.2, 0) is 0 Å². The van der Waals surface area contributed by atoms with Crippen molar-refractivity contribution in [3.8, 4) is 0 Å². The second-order valence-corrected chi connectivity index (χ2v) is 5.97. The molecule has 1 unspecified atom stereocenters. The van der Waals surface area contributed by atoms with Crippen LogP contribution < -0.4 is 0 Å². The van der Waals surface area contributed by atoms with Gasteiger partial charge >= 0.3 is 0 Å². The highest BCUT2D eigenvalue weighted by Crippen LogP contribution is 2.14. The van der Waals surface area contributed by atoms with Crippen molar-refractivity contribution in [3.63, 3.8) is 0 Å². The molecule has 0 saturated carbocycles. The molecule has 2 heterocycles. The van der Waals surface area contributed by atoms with Crippen molar-refractivity contribution in [2.24, 2.45) is 4.99 Å². The van der Waals surface area contributed by atoms with Gasteiger partial charge in [-0.15, -0.1) is 0 Å². The first-order valence-corrected chi connectivity index (χ1v) is 8.20. The van der Waals surface area contributed by atoms with E-state index in [1.54, 1.807) is 0 Å². The number of hydrogen-bond acceptors (Lipinski definition) is 2. The number of hydrogen-bond donors (Lipinski definition) is 0. The molecule has 18 heavy (non-hydrogen) atoms. The third-order valence-corrected chi connectivity index (χ3v) is 4.35. The van der Waals surface area contributed by atoms with E-state index in [1.165, 1.54) is 96.0 Å². The second kappa shape index (κ2) is 8.68. The average Bonchev–Trinajstić information content (AvgIpc) is 2.48. The van der Waals surface area contributed by atoms with E-state index in [-0.39, 0.29) is 0 Å². The van der Waals surface area contributed by atoms with Gasteiger partial charge in [-0.1, -0.05) is 32.1 Å². The Morgan fingerprint density at radius 1 is 0.611 bits per heavy atom. The molecule has 0 aromatic rings. The van der Waals surface area contributed by atoms with Gasteiger partial charge in [0.1, 0.15) is 0 Å². The Morgan fingerprint density at radius 2 is 1.22 bits per heavy atom. The van der Waals surface area contributed by atoms with Crippen LogP contribution in [0.4, 0.5) is 0 Å². The minimum absolute atomic E-state index is 1.08. The molecule has 2 heteroatoms. The molecule has 2 rings (SSSR count). The average molecular weight is 250 g/mol.